The first-order valence-corrected chi connectivity index (χ1v) is 27.2. The molecule has 456 valence electrons. The summed E-state index contributed by atoms with van der Waals surface area (Å²) < 4.78 is 59.6. The Morgan fingerprint density at radius 3 is 1.35 bits per heavy atom. The molecule has 5 aliphatic heterocycles. The van der Waals surface area contributed by atoms with Gasteiger partial charge in [0, 0.05) is 0 Å². The van der Waals surface area contributed by atoms with Gasteiger partial charge in [-0.05, 0) is 87.0 Å². The zero-order valence-corrected chi connectivity index (χ0v) is 44.6. The molecule has 8 fully saturated rings. The van der Waals surface area contributed by atoms with Gasteiger partial charge in [0.2, 0.25) is 6.29 Å². The van der Waals surface area contributed by atoms with E-state index in [-0.39, 0.29) is 11.8 Å². The molecule has 79 heavy (non-hydrogen) atoms. The molecular formula is C51H84O28. The molecule has 0 bridgehead atoms. The van der Waals surface area contributed by atoms with Crippen LogP contribution < -0.4 is 0 Å². The molecule has 26 unspecified atom stereocenters. The van der Waals surface area contributed by atoms with Gasteiger partial charge in [-0.25, -0.2) is 0 Å². The number of aliphatic hydroxyl groups is 17. The van der Waals surface area contributed by atoms with Crippen LogP contribution in [0.4, 0.5) is 0 Å². The summed E-state index contributed by atoms with van der Waals surface area (Å²) in [6.07, 6.45) is -40.8. The van der Waals surface area contributed by atoms with Crippen LogP contribution in [0.1, 0.15) is 79.1 Å². The normalized spacial score (nSPS) is 53.6. The second-order valence-corrected chi connectivity index (χ2v) is 24.0. The molecule has 0 aromatic carbocycles. The van der Waals surface area contributed by atoms with Crippen molar-refractivity contribution in [2.45, 2.75) is 238 Å². The van der Waals surface area contributed by atoms with E-state index < -0.39 is 214 Å². The lowest BCUT2D eigenvalue weighted by molar-refractivity contribution is -0.388. The van der Waals surface area contributed by atoms with Gasteiger partial charge in [0.05, 0.1) is 44.1 Å². The van der Waals surface area contributed by atoms with Crippen molar-refractivity contribution in [1.29, 1.82) is 0 Å². The summed E-state index contributed by atoms with van der Waals surface area (Å²) in [4.78, 5) is 15.3. The van der Waals surface area contributed by atoms with Gasteiger partial charge < -0.3 is 134 Å². The maximum Gasteiger partial charge on any atom is 0.314 e. The highest BCUT2D eigenvalue weighted by Gasteiger charge is 2.65. The average molecular weight is 1150 g/mol. The summed E-state index contributed by atoms with van der Waals surface area (Å²) in [7, 11) is 0. The third kappa shape index (κ3) is 11.6. The molecule has 8 aliphatic rings. The Balaban J connectivity index is 1.04. The highest BCUT2D eigenvalue weighted by atomic mass is 16.8. The number of rotatable bonds is 15. The Hall–Kier alpha value is -1.83. The molecular weight excluding hydrogens is 1060 g/mol. The van der Waals surface area contributed by atoms with E-state index in [0.717, 1.165) is 0 Å². The van der Waals surface area contributed by atoms with Crippen molar-refractivity contribution in [1.82, 2.24) is 0 Å². The number of fused-ring (bicyclic) bond motifs is 3. The summed E-state index contributed by atoms with van der Waals surface area (Å²) in [5.74, 6) is -1.32. The lowest BCUT2D eigenvalue weighted by atomic mass is 9.42. The van der Waals surface area contributed by atoms with Crippen LogP contribution in [0.25, 0.3) is 0 Å². The van der Waals surface area contributed by atoms with Gasteiger partial charge >= 0.3 is 5.97 Å². The molecule has 28 heteroatoms. The third-order valence-electron chi connectivity index (χ3n) is 19.0. The van der Waals surface area contributed by atoms with Crippen LogP contribution >= 0.6 is 0 Å². The van der Waals surface area contributed by atoms with E-state index in [2.05, 4.69) is 20.4 Å². The van der Waals surface area contributed by atoms with Crippen LogP contribution in [0, 0.1) is 28.1 Å². The second kappa shape index (κ2) is 24.6. The first-order chi connectivity index (χ1) is 37.2. The maximum absolute atomic E-state index is 15.3. The number of carbonyl (C=O) groups excluding carboxylic acids is 1. The quantitative estimate of drug-likeness (QED) is 0.0535. The standard InChI is InChI=1S/C51H84O28/c1-19-13-48(2)11-7-26-49(3,25(48)8-12-51(19,5)79-45-38(68)39(30(60)23(17-55)73-45)75-42-35(65)32(62)27(57)20(14-52)70-42)9-6-10-50(26,4)47(69)78-46-41(77-44-37(67)34(64)29(59)22(16-54)72-44)40(31(61)24(18-56)74-46)76-43-36(66)33(63)28(58)21(15-53)71-43/h20-46,52-68H,1,6-18H2,2-5H3/t20?,21?,22?,23?,24?,25-,26?,27?,28?,29?,30?,31?,32?,33?,34?,35?,36?,37?,38?,39?,40?,41?,42?,43?,44?,45?,46?,48-,49+,50-,51-/m1/s1. The fourth-order valence-electron chi connectivity index (χ4n) is 14.2. The predicted octanol–water partition coefficient (Wildman–Crippen LogP) is -6.65. The van der Waals surface area contributed by atoms with Gasteiger partial charge in [-0.15, -0.1) is 0 Å². The zero-order chi connectivity index (χ0) is 58.0. The maximum atomic E-state index is 15.3. The Bertz CT molecular complexity index is 2060. The Morgan fingerprint density at radius 2 is 0.873 bits per heavy atom. The van der Waals surface area contributed by atoms with Crippen molar-refractivity contribution in [2.75, 3.05) is 33.0 Å². The summed E-state index contributed by atoms with van der Waals surface area (Å²) >= 11 is 0. The Morgan fingerprint density at radius 1 is 0.468 bits per heavy atom. The number of aliphatic hydroxyl groups excluding tert-OH is 17. The number of carbonyl (C=O) groups is 1. The van der Waals surface area contributed by atoms with Crippen molar-refractivity contribution in [3.8, 4) is 0 Å². The van der Waals surface area contributed by atoms with E-state index in [1.54, 1.807) is 13.8 Å². The summed E-state index contributed by atoms with van der Waals surface area (Å²) in [5, 5.41) is 181. The SMILES string of the molecule is C=C1C[C@@]2(C)CCC3[C@](C)(C(=O)OC4OC(CO)C(O)C(OC5OC(CO)C(O)C(O)C5O)C4OC4OC(CO)C(O)C(O)C4O)CCC[C@@]3(C)[C@@H]2CC[C@@]1(C)OC1OC(CO)C(O)C(OC2OC(CO)C(O)C(O)C2O)C1O. The largest absolute Gasteiger partial charge is 0.432 e. The van der Waals surface area contributed by atoms with Gasteiger partial charge in [0.1, 0.15) is 116 Å². The second-order valence-electron chi connectivity index (χ2n) is 24.0. The fourth-order valence-corrected chi connectivity index (χ4v) is 14.2. The van der Waals surface area contributed by atoms with Gasteiger partial charge in [0.15, 0.2) is 31.3 Å². The molecule has 5 heterocycles. The predicted molar refractivity (Wildman–Crippen MR) is 258 cm³/mol. The lowest BCUT2D eigenvalue weighted by Gasteiger charge is -2.62. The molecule has 0 spiro atoms. The van der Waals surface area contributed by atoms with E-state index in [9.17, 15) is 86.8 Å². The van der Waals surface area contributed by atoms with Crippen LogP contribution in [0.15, 0.2) is 12.2 Å². The smallest absolute Gasteiger partial charge is 0.314 e. The van der Waals surface area contributed by atoms with E-state index in [1.807, 2.05) is 0 Å². The summed E-state index contributed by atoms with van der Waals surface area (Å²) in [5.41, 5.74) is -2.94. The van der Waals surface area contributed by atoms with Crippen molar-refractivity contribution in [3.63, 3.8) is 0 Å². The van der Waals surface area contributed by atoms with Crippen LogP contribution in [0.3, 0.4) is 0 Å². The van der Waals surface area contributed by atoms with Gasteiger partial charge in [-0.3, -0.25) is 4.79 Å². The van der Waals surface area contributed by atoms with Crippen molar-refractivity contribution < 1.29 is 139 Å². The molecule has 5 saturated heterocycles. The number of esters is 1. The number of ether oxygens (including phenoxy) is 10. The van der Waals surface area contributed by atoms with Crippen LogP contribution in [-0.4, -0.2) is 285 Å². The van der Waals surface area contributed by atoms with Crippen molar-refractivity contribution in [3.05, 3.63) is 12.2 Å². The molecule has 0 aromatic heterocycles. The first-order valence-electron chi connectivity index (χ1n) is 27.2. The molecule has 17 N–H and O–H groups in total. The molecule has 3 saturated carbocycles. The average Bonchev–Trinajstić information content (AvgIpc) is 3.64. The monoisotopic (exact) mass is 1140 g/mol. The van der Waals surface area contributed by atoms with Crippen molar-refractivity contribution in [2.24, 2.45) is 28.1 Å². The zero-order valence-electron chi connectivity index (χ0n) is 44.6. The van der Waals surface area contributed by atoms with E-state index in [1.165, 1.54) is 0 Å². The highest BCUT2D eigenvalue weighted by Crippen LogP contribution is 2.68. The molecule has 0 amide bonds. The third-order valence-corrected chi connectivity index (χ3v) is 19.0. The Labute approximate surface area is 455 Å². The fraction of sp³-hybridized carbons (Fsp3) is 0.941. The summed E-state index contributed by atoms with van der Waals surface area (Å²) in [6.45, 7) is 8.08. The minimum absolute atomic E-state index is 0.127. The number of hydrogen-bond donors (Lipinski definition) is 17. The Kier molecular flexibility index (Phi) is 19.7. The summed E-state index contributed by atoms with van der Waals surface area (Å²) in [6, 6.07) is 0. The van der Waals surface area contributed by atoms with Crippen LogP contribution in [0.2, 0.25) is 0 Å². The van der Waals surface area contributed by atoms with Crippen LogP contribution in [-0.2, 0) is 52.2 Å². The topological polar surface area (TPSA) is 453 Å². The van der Waals surface area contributed by atoms with Crippen molar-refractivity contribution >= 4 is 5.97 Å². The lowest BCUT2D eigenvalue weighted by Crippen LogP contribution is -2.67. The highest BCUT2D eigenvalue weighted by molar-refractivity contribution is 5.77. The molecule has 31 atom stereocenters. The van der Waals surface area contributed by atoms with E-state index in [0.29, 0.717) is 56.9 Å². The number of hydrogen-bond acceptors (Lipinski definition) is 28. The van der Waals surface area contributed by atoms with Gasteiger partial charge in [-0.2, -0.15) is 0 Å². The van der Waals surface area contributed by atoms with Gasteiger partial charge in [0.25, 0.3) is 0 Å². The van der Waals surface area contributed by atoms with E-state index in [4.69, 9.17) is 47.4 Å². The van der Waals surface area contributed by atoms with E-state index >= 15 is 4.79 Å². The first kappa shape index (κ1) is 63.2. The minimum atomic E-state index is -2.05. The molecule has 0 aromatic rings. The molecule has 3 aliphatic carbocycles. The molecule has 28 nitrogen and oxygen atoms in total. The minimum Gasteiger partial charge on any atom is -0.432 e. The van der Waals surface area contributed by atoms with Gasteiger partial charge in [-0.1, -0.05) is 26.8 Å². The molecule has 8 rings (SSSR count). The molecule has 0 radical (unpaired) electrons. The van der Waals surface area contributed by atoms with Crippen LogP contribution in [0.5, 0.6) is 0 Å².